The van der Waals surface area contributed by atoms with Gasteiger partial charge in [-0.25, -0.2) is 4.68 Å². The Morgan fingerprint density at radius 3 is 2.81 bits per heavy atom. The van der Waals surface area contributed by atoms with Gasteiger partial charge in [0.05, 0.1) is 0 Å². The Bertz CT molecular complexity index is 877. The standard InChI is InChI=1S/C13H14N4O2S.ClH/c1-7(2)11-15-16(6-10(14)18)12(19)9-5-8-3-4-20-13(8)17(9)11;/h3-5,7H,6H2,1-2H3,(H2,14,18);1H. The van der Waals surface area contributed by atoms with E-state index in [1.165, 1.54) is 0 Å². The third kappa shape index (κ3) is 2.43. The summed E-state index contributed by atoms with van der Waals surface area (Å²) in [6, 6.07) is 3.80. The first-order valence-electron chi connectivity index (χ1n) is 6.27. The Morgan fingerprint density at radius 1 is 1.48 bits per heavy atom. The van der Waals surface area contributed by atoms with Crippen LogP contribution < -0.4 is 11.3 Å². The van der Waals surface area contributed by atoms with E-state index in [1.807, 2.05) is 35.8 Å². The molecule has 8 heteroatoms. The molecule has 0 saturated heterocycles. The van der Waals surface area contributed by atoms with Gasteiger partial charge in [-0.2, -0.15) is 5.10 Å². The lowest BCUT2D eigenvalue weighted by Gasteiger charge is -2.11. The molecule has 3 rings (SSSR count). The second kappa shape index (κ2) is 5.50. The molecular weight excluding hydrogens is 312 g/mol. The summed E-state index contributed by atoms with van der Waals surface area (Å²) in [6.45, 7) is 3.80. The Kier molecular flexibility index (Phi) is 4.06. The molecule has 0 fully saturated rings. The average Bonchev–Trinajstić information content (AvgIpc) is 2.92. The molecule has 0 radical (unpaired) electrons. The van der Waals surface area contributed by atoms with Crippen molar-refractivity contribution < 1.29 is 4.79 Å². The van der Waals surface area contributed by atoms with Gasteiger partial charge >= 0.3 is 0 Å². The molecule has 21 heavy (non-hydrogen) atoms. The lowest BCUT2D eigenvalue weighted by Crippen LogP contribution is -2.32. The molecule has 0 aromatic carbocycles. The molecule has 0 saturated carbocycles. The van der Waals surface area contributed by atoms with Crippen molar-refractivity contribution in [2.45, 2.75) is 26.3 Å². The maximum Gasteiger partial charge on any atom is 0.291 e. The molecule has 6 nitrogen and oxygen atoms in total. The van der Waals surface area contributed by atoms with Crippen LogP contribution in [0.4, 0.5) is 0 Å². The minimum absolute atomic E-state index is 0. The number of hydrogen-bond acceptors (Lipinski definition) is 4. The van der Waals surface area contributed by atoms with Gasteiger partial charge in [0.2, 0.25) is 5.91 Å². The van der Waals surface area contributed by atoms with Gasteiger partial charge in [0.1, 0.15) is 22.7 Å². The summed E-state index contributed by atoms with van der Waals surface area (Å²) in [5.41, 5.74) is 5.41. The molecule has 3 aromatic heterocycles. The zero-order valence-corrected chi connectivity index (χ0v) is 13.2. The number of carbonyl (C=O) groups excluding carboxylic acids is 1. The average molecular weight is 327 g/mol. The molecule has 112 valence electrons. The van der Waals surface area contributed by atoms with E-state index < -0.39 is 5.91 Å². The number of halogens is 1. The first kappa shape index (κ1) is 15.5. The number of primary amides is 1. The number of amides is 1. The van der Waals surface area contributed by atoms with Crippen LogP contribution in [0, 0.1) is 0 Å². The first-order valence-corrected chi connectivity index (χ1v) is 7.15. The van der Waals surface area contributed by atoms with Crippen molar-refractivity contribution in [3.05, 3.63) is 33.7 Å². The number of fused-ring (bicyclic) bond motifs is 3. The number of thiophene rings is 1. The molecule has 2 N–H and O–H groups in total. The van der Waals surface area contributed by atoms with E-state index >= 15 is 0 Å². The topological polar surface area (TPSA) is 82.4 Å². The van der Waals surface area contributed by atoms with Crippen molar-refractivity contribution in [1.82, 2.24) is 14.2 Å². The molecular formula is C13H15ClN4O2S. The highest BCUT2D eigenvalue weighted by atomic mass is 35.5. The Labute approximate surface area is 130 Å². The molecule has 3 heterocycles. The monoisotopic (exact) mass is 326 g/mol. The summed E-state index contributed by atoms with van der Waals surface area (Å²) < 4.78 is 3.03. The van der Waals surface area contributed by atoms with Crippen LogP contribution in [-0.2, 0) is 11.3 Å². The van der Waals surface area contributed by atoms with Gasteiger partial charge in [-0.05, 0) is 17.5 Å². The first-order chi connectivity index (χ1) is 9.49. The fourth-order valence-corrected chi connectivity index (χ4v) is 3.19. The van der Waals surface area contributed by atoms with E-state index in [0.717, 1.165) is 20.7 Å². The number of rotatable bonds is 3. The van der Waals surface area contributed by atoms with Crippen molar-refractivity contribution in [1.29, 1.82) is 0 Å². The summed E-state index contributed by atoms with van der Waals surface area (Å²) in [4.78, 5) is 24.5. The predicted molar refractivity (Wildman–Crippen MR) is 85.4 cm³/mol. The molecule has 0 atom stereocenters. The number of hydrogen-bond donors (Lipinski definition) is 1. The summed E-state index contributed by atoms with van der Waals surface area (Å²) in [7, 11) is 0. The van der Waals surface area contributed by atoms with Crippen LogP contribution in [0.2, 0.25) is 0 Å². The van der Waals surface area contributed by atoms with Crippen molar-refractivity contribution in [3.63, 3.8) is 0 Å². The van der Waals surface area contributed by atoms with Crippen LogP contribution in [0.25, 0.3) is 15.7 Å². The molecule has 0 spiro atoms. The fraction of sp³-hybridized carbons (Fsp3) is 0.308. The quantitative estimate of drug-likeness (QED) is 0.796. The lowest BCUT2D eigenvalue weighted by molar-refractivity contribution is -0.118. The highest BCUT2D eigenvalue weighted by Crippen LogP contribution is 2.26. The Hall–Kier alpha value is -1.86. The molecule has 0 aliphatic heterocycles. The van der Waals surface area contributed by atoms with Crippen molar-refractivity contribution in [2.24, 2.45) is 5.73 Å². The zero-order valence-electron chi connectivity index (χ0n) is 11.6. The highest BCUT2D eigenvalue weighted by Gasteiger charge is 2.17. The number of aromatic nitrogens is 3. The van der Waals surface area contributed by atoms with E-state index in [4.69, 9.17) is 5.73 Å². The largest absolute Gasteiger partial charge is 0.368 e. The van der Waals surface area contributed by atoms with E-state index in [1.54, 1.807) is 11.3 Å². The maximum atomic E-state index is 12.4. The minimum Gasteiger partial charge on any atom is -0.368 e. The smallest absolute Gasteiger partial charge is 0.291 e. The fourth-order valence-electron chi connectivity index (χ4n) is 2.28. The van der Waals surface area contributed by atoms with Crippen LogP contribution in [0.15, 0.2) is 22.3 Å². The van der Waals surface area contributed by atoms with Gasteiger partial charge in [0.25, 0.3) is 5.56 Å². The van der Waals surface area contributed by atoms with Gasteiger partial charge in [0, 0.05) is 11.3 Å². The van der Waals surface area contributed by atoms with Crippen molar-refractivity contribution in [2.75, 3.05) is 0 Å². The number of nitrogens with two attached hydrogens (primary N) is 1. The molecule has 0 unspecified atom stereocenters. The summed E-state index contributed by atoms with van der Waals surface area (Å²) in [5.74, 6) is 0.292. The van der Waals surface area contributed by atoms with Gasteiger partial charge in [0.15, 0.2) is 0 Å². The van der Waals surface area contributed by atoms with Crippen LogP contribution in [0.1, 0.15) is 25.6 Å². The van der Waals surface area contributed by atoms with Crippen LogP contribution in [0.3, 0.4) is 0 Å². The molecule has 3 aromatic rings. The number of carbonyl (C=O) groups is 1. The van der Waals surface area contributed by atoms with Crippen LogP contribution in [0.5, 0.6) is 0 Å². The maximum absolute atomic E-state index is 12.4. The van der Waals surface area contributed by atoms with Crippen LogP contribution >= 0.6 is 23.7 Å². The molecule has 1 amide bonds. The summed E-state index contributed by atoms with van der Waals surface area (Å²) in [6.07, 6.45) is 0. The second-order valence-electron chi connectivity index (χ2n) is 4.99. The van der Waals surface area contributed by atoms with Crippen molar-refractivity contribution >= 4 is 45.4 Å². The number of nitrogens with zero attached hydrogens (tertiary/aromatic N) is 3. The van der Waals surface area contributed by atoms with E-state index in [0.29, 0.717) is 5.52 Å². The third-order valence-corrected chi connectivity index (χ3v) is 4.05. The zero-order chi connectivity index (χ0) is 14.4. The van der Waals surface area contributed by atoms with E-state index in [9.17, 15) is 9.59 Å². The van der Waals surface area contributed by atoms with Crippen LogP contribution in [-0.4, -0.2) is 20.1 Å². The predicted octanol–water partition coefficient (Wildman–Crippen LogP) is 1.74. The molecule has 0 aliphatic rings. The second-order valence-corrected chi connectivity index (χ2v) is 5.88. The third-order valence-electron chi connectivity index (χ3n) is 3.14. The summed E-state index contributed by atoms with van der Waals surface area (Å²) in [5, 5.41) is 7.30. The van der Waals surface area contributed by atoms with Gasteiger partial charge in [-0.15, -0.1) is 23.7 Å². The lowest BCUT2D eigenvalue weighted by atomic mass is 10.2. The SMILES string of the molecule is CC(C)c1nn(CC(N)=O)c(=O)c2cc3ccsc3n12.Cl. The summed E-state index contributed by atoms with van der Waals surface area (Å²) >= 11 is 1.57. The van der Waals surface area contributed by atoms with Gasteiger partial charge < -0.3 is 5.73 Å². The van der Waals surface area contributed by atoms with E-state index in [-0.39, 0.29) is 30.4 Å². The molecule has 0 bridgehead atoms. The molecule has 0 aliphatic carbocycles. The highest BCUT2D eigenvalue weighted by molar-refractivity contribution is 7.16. The normalized spacial score (nSPS) is 11.2. The van der Waals surface area contributed by atoms with E-state index in [2.05, 4.69) is 5.10 Å². The van der Waals surface area contributed by atoms with Gasteiger partial charge in [-0.1, -0.05) is 13.8 Å². The Balaban J connectivity index is 0.00000161. The van der Waals surface area contributed by atoms with Crippen molar-refractivity contribution in [3.8, 4) is 0 Å². The minimum atomic E-state index is -0.577. The van der Waals surface area contributed by atoms with Gasteiger partial charge in [-0.3, -0.25) is 14.0 Å². The Morgan fingerprint density at radius 2 is 2.19 bits per heavy atom.